The molecule has 0 saturated carbocycles. The van der Waals surface area contributed by atoms with Gasteiger partial charge in [-0.3, -0.25) is 0 Å². The van der Waals surface area contributed by atoms with Gasteiger partial charge in [0.15, 0.2) is 0 Å². The summed E-state index contributed by atoms with van der Waals surface area (Å²) in [4.78, 5) is 16.8. The molecule has 1 fully saturated rings. The lowest BCUT2D eigenvalue weighted by molar-refractivity contribution is 0.0524. The van der Waals surface area contributed by atoms with Crippen LogP contribution in [-0.4, -0.2) is 52.1 Å². The van der Waals surface area contributed by atoms with Gasteiger partial charge >= 0.3 is 5.97 Å². The highest BCUT2D eigenvalue weighted by Crippen LogP contribution is 2.21. The predicted molar refractivity (Wildman–Crippen MR) is 64.6 cm³/mol. The van der Waals surface area contributed by atoms with Gasteiger partial charge in [0.2, 0.25) is 0 Å². The van der Waals surface area contributed by atoms with Crippen LogP contribution in [-0.2, 0) is 0 Å². The molecule has 2 rings (SSSR count). The smallest absolute Gasteiger partial charge is 0.337 e. The van der Waals surface area contributed by atoms with Gasteiger partial charge in [-0.1, -0.05) is 0 Å². The summed E-state index contributed by atoms with van der Waals surface area (Å²) in [6.45, 7) is 1.11. The molecule has 2 atom stereocenters. The first-order valence-corrected chi connectivity index (χ1v) is 5.85. The number of rotatable bonds is 3. The number of carboxylic acid groups (broad SMARTS) is 1. The summed E-state index contributed by atoms with van der Waals surface area (Å²) >= 11 is 0. The van der Waals surface area contributed by atoms with Gasteiger partial charge in [0, 0.05) is 25.2 Å². The molecule has 98 valence electrons. The van der Waals surface area contributed by atoms with Gasteiger partial charge in [0.05, 0.1) is 18.3 Å². The molecular formula is C12H16N2O4. The number of carboxylic acids is 1. The third-order valence-corrected chi connectivity index (χ3v) is 3.25. The number of hydrogen-bond acceptors (Lipinski definition) is 5. The molecule has 0 bridgehead atoms. The summed E-state index contributed by atoms with van der Waals surface area (Å²) in [6.07, 6.45) is 1.41. The number of aliphatic hydroxyl groups excluding tert-OH is 2. The fraction of sp³-hybridized carbons (Fsp3) is 0.500. The van der Waals surface area contributed by atoms with Crippen molar-refractivity contribution in [1.82, 2.24) is 4.98 Å². The van der Waals surface area contributed by atoms with E-state index in [2.05, 4.69) is 4.98 Å². The average molecular weight is 252 g/mol. The van der Waals surface area contributed by atoms with Gasteiger partial charge in [0.1, 0.15) is 5.82 Å². The van der Waals surface area contributed by atoms with Crippen molar-refractivity contribution in [2.24, 2.45) is 5.92 Å². The van der Waals surface area contributed by atoms with Crippen molar-refractivity contribution >= 4 is 11.8 Å². The summed E-state index contributed by atoms with van der Waals surface area (Å²) < 4.78 is 0. The van der Waals surface area contributed by atoms with Crippen LogP contribution in [0.25, 0.3) is 0 Å². The number of aliphatic hydroxyl groups is 2. The Morgan fingerprint density at radius 2 is 2.28 bits per heavy atom. The standard InChI is InChI=1S/C12H16N2O4/c15-7-9-6-14(4-3-10(9)16)11-2-1-8(5-13-11)12(17)18/h1-2,5,9-10,15-16H,3-4,6-7H2,(H,17,18). The van der Waals surface area contributed by atoms with E-state index in [0.717, 1.165) is 0 Å². The Morgan fingerprint density at radius 1 is 1.50 bits per heavy atom. The minimum absolute atomic E-state index is 0.0646. The van der Waals surface area contributed by atoms with Gasteiger partial charge in [-0.05, 0) is 18.6 Å². The molecule has 0 amide bonds. The number of pyridine rings is 1. The molecule has 1 aliphatic heterocycles. The Morgan fingerprint density at radius 3 is 2.83 bits per heavy atom. The SMILES string of the molecule is O=C(O)c1ccc(N2CCC(O)C(CO)C2)nc1. The van der Waals surface area contributed by atoms with E-state index in [-0.39, 0.29) is 18.1 Å². The van der Waals surface area contributed by atoms with E-state index in [1.54, 1.807) is 6.07 Å². The van der Waals surface area contributed by atoms with E-state index < -0.39 is 12.1 Å². The molecule has 0 aliphatic carbocycles. The normalized spacial score (nSPS) is 24.0. The van der Waals surface area contributed by atoms with Crippen LogP contribution in [0.2, 0.25) is 0 Å². The van der Waals surface area contributed by atoms with Crippen LogP contribution in [0.3, 0.4) is 0 Å². The maximum atomic E-state index is 10.7. The van der Waals surface area contributed by atoms with Crippen molar-refractivity contribution in [2.45, 2.75) is 12.5 Å². The number of aromatic carboxylic acids is 1. The third-order valence-electron chi connectivity index (χ3n) is 3.25. The lowest BCUT2D eigenvalue weighted by Gasteiger charge is -2.36. The molecule has 0 aromatic carbocycles. The quantitative estimate of drug-likeness (QED) is 0.699. The fourth-order valence-corrected chi connectivity index (χ4v) is 2.11. The van der Waals surface area contributed by atoms with Crippen molar-refractivity contribution in [3.05, 3.63) is 23.9 Å². The van der Waals surface area contributed by atoms with Crippen LogP contribution in [0.5, 0.6) is 0 Å². The number of aromatic nitrogens is 1. The maximum Gasteiger partial charge on any atom is 0.337 e. The molecule has 0 radical (unpaired) electrons. The van der Waals surface area contributed by atoms with Gasteiger partial charge < -0.3 is 20.2 Å². The first-order valence-electron chi connectivity index (χ1n) is 5.85. The molecule has 2 unspecified atom stereocenters. The summed E-state index contributed by atoms with van der Waals surface area (Å²) in [6, 6.07) is 3.15. The van der Waals surface area contributed by atoms with Gasteiger partial charge in [0.25, 0.3) is 0 Å². The van der Waals surface area contributed by atoms with E-state index in [0.29, 0.717) is 25.3 Å². The minimum Gasteiger partial charge on any atom is -0.478 e. The molecule has 6 nitrogen and oxygen atoms in total. The minimum atomic E-state index is -1.00. The van der Waals surface area contributed by atoms with Crippen LogP contribution in [0.1, 0.15) is 16.8 Å². The lowest BCUT2D eigenvalue weighted by atomic mass is 9.95. The molecule has 3 N–H and O–H groups in total. The number of piperidine rings is 1. The zero-order valence-corrected chi connectivity index (χ0v) is 9.86. The molecule has 1 aromatic heterocycles. The molecule has 2 heterocycles. The second-order valence-corrected chi connectivity index (χ2v) is 4.45. The van der Waals surface area contributed by atoms with Crippen molar-refractivity contribution in [3.8, 4) is 0 Å². The Kier molecular flexibility index (Phi) is 3.78. The highest BCUT2D eigenvalue weighted by molar-refractivity contribution is 5.87. The first kappa shape index (κ1) is 12.8. The third kappa shape index (κ3) is 2.60. The molecule has 6 heteroatoms. The summed E-state index contributed by atoms with van der Waals surface area (Å²) in [5, 5.41) is 27.6. The second kappa shape index (κ2) is 5.32. The predicted octanol–water partition coefficient (Wildman–Crippen LogP) is -0.0407. The molecule has 1 aromatic rings. The lowest BCUT2D eigenvalue weighted by Crippen LogP contribution is -2.45. The highest BCUT2D eigenvalue weighted by Gasteiger charge is 2.27. The molecule has 0 spiro atoms. The van der Waals surface area contributed by atoms with Crippen molar-refractivity contribution in [1.29, 1.82) is 0 Å². The van der Waals surface area contributed by atoms with E-state index >= 15 is 0 Å². The average Bonchev–Trinajstić information content (AvgIpc) is 2.39. The van der Waals surface area contributed by atoms with Crippen molar-refractivity contribution < 1.29 is 20.1 Å². The number of hydrogen-bond donors (Lipinski definition) is 3. The van der Waals surface area contributed by atoms with E-state index in [9.17, 15) is 9.90 Å². The van der Waals surface area contributed by atoms with Crippen LogP contribution < -0.4 is 4.90 Å². The maximum absolute atomic E-state index is 10.7. The zero-order chi connectivity index (χ0) is 13.1. The summed E-state index contributed by atoms with van der Waals surface area (Å²) in [5.41, 5.74) is 0.148. The van der Waals surface area contributed by atoms with Crippen LogP contribution in [0.4, 0.5) is 5.82 Å². The van der Waals surface area contributed by atoms with Crippen LogP contribution >= 0.6 is 0 Å². The topological polar surface area (TPSA) is 93.9 Å². The fourth-order valence-electron chi connectivity index (χ4n) is 2.11. The Bertz CT molecular complexity index is 421. The first-order chi connectivity index (χ1) is 8.61. The van der Waals surface area contributed by atoms with Crippen LogP contribution in [0.15, 0.2) is 18.3 Å². The molecular weight excluding hydrogens is 236 g/mol. The Hall–Kier alpha value is -1.66. The Labute approximate surface area is 105 Å². The van der Waals surface area contributed by atoms with Gasteiger partial charge in [-0.25, -0.2) is 9.78 Å². The number of carbonyl (C=O) groups is 1. The van der Waals surface area contributed by atoms with E-state index in [4.69, 9.17) is 10.2 Å². The van der Waals surface area contributed by atoms with E-state index in [1.807, 2.05) is 4.90 Å². The number of anilines is 1. The highest BCUT2D eigenvalue weighted by atomic mass is 16.4. The van der Waals surface area contributed by atoms with Crippen molar-refractivity contribution in [3.63, 3.8) is 0 Å². The second-order valence-electron chi connectivity index (χ2n) is 4.45. The largest absolute Gasteiger partial charge is 0.478 e. The zero-order valence-electron chi connectivity index (χ0n) is 9.86. The van der Waals surface area contributed by atoms with E-state index in [1.165, 1.54) is 12.3 Å². The van der Waals surface area contributed by atoms with Crippen LogP contribution in [0, 0.1) is 5.92 Å². The monoisotopic (exact) mass is 252 g/mol. The molecule has 1 saturated heterocycles. The van der Waals surface area contributed by atoms with Gasteiger partial charge in [-0.15, -0.1) is 0 Å². The van der Waals surface area contributed by atoms with Gasteiger partial charge in [-0.2, -0.15) is 0 Å². The number of nitrogens with zero attached hydrogens (tertiary/aromatic N) is 2. The molecule has 18 heavy (non-hydrogen) atoms. The van der Waals surface area contributed by atoms with Crippen molar-refractivity contribution in [2.75, 3.05) is 24.6 Å². The summed E-state index contributed by atoms with van der Waals surface area (Å²) in [7, 11) is 0. The summed E-state index contributed by atoms with van der Waals surface area (Å²) in [5.74, 6) is -0.513. The molecule has 1 aliphatic rings. The Balaban J connectivity index is 2.09.